The summed E-state index contributed by atoms with van der Waals surface area (Å²) in [6.45, 7) is 1.68. The number of azo groups is 2. The van der Waals surface area contributed by atoms with E-state index in [1.54, 1.807) is 13.0 Å². The number of rotatable bonds is 9. The van der Waals surface area contributed by atoms with Crippen LogP contribution in [0, 0.1) is 17.0 Å². The van der Waals surface area contributed by atoms with Crippen molar-refractivity contribution in [1.29, 1.82) is 0 Å². The van der Waals surface area contributed by atoms with Gasteiger partial charge < -0.3 is 10.5 Å². The highest BCUT2D eigenvalue weighted by atomic mass is 32.2. The normalized spacial score (nSPS) is 12.4. The molecular weight excluding hydrogens is 711 g/mol. The topological polar surface area (TPSA) is 249 Å². The van der Waals surface area contributed by atoms with E-state index in [0.717, 1.165) is 45.9 Å². The third-order valence-electron chi connectivity index (χ3n) is 7.40. The zero-order valence-corrected chi connectivity index (χ0v) is 28.2. The molecule has 1 aromatic heterocycles. The molecule has 50 heavy (non-hydrogen) atoms. The van der Waals surface area contributed by atoms with E-state index in [0.29, 0.717) is 33.1 Å². The minimum absolute atomic E-state index is 0.229. The van der Waals surface area contributed by atoms with E-state index in [4.69, 9.17) is 10.5 Å². The third kappa shape index (κ3) is 6.88. The number of thiazole rings is 1. The van der Waals surface area contributed by atoms with Crippen molar-refractivity contribution in [3.05, 3.63) is 94.5 Å². The molecule has 254 valence electrons. The molecule has 0 aliphatic carbocycles. The van der Waals surface area contributed by atoms with Crippen molar-refractivity contribution in [3.63, 3.8) is 0 Å². The lowest BCUT2D eigenvalue weighted by atomic mass is 10.1. The van der Waals surface area contributed by atoms with Crippen LogP contribution in [0.3, 0.4) is 0 Å². The van der Waals surface area contributed by atoms with Crippen LogP contribution in [0.25, 0.3) is 32.8 Å². The summed E-state index contributed by atoms with van der Waals surface area (Å²) in [5.74, 6) is 0.233. The summed E-state index contributed by atoms with van der Waals surface area (Å²) in [7, 11) is -8.78. The molecule has 6 aromatic rings. The van der Waals surface area contributed by atoms with Crippen molar-refractivity contribution < 1.29 is 35.6 Å². The predicted molar refractivity (Wildman–Crippen MR) is 186 cm³/mol. The fraction of sp³-hybridized carbons (Fsp3) is 0.0645. The van der Waals surface area contributed by atoms with E-state index in [1.807, 2.05) is 42.5 Å². The summed E-state index contributed by atoms with van der Waals surface area (Å²) >= 11 is 1.15. The monoisotopic (exact) mass is 733 g/mol. The smallest absolute Gasteiger partial charge is 0.295 e. The van der Waals surface area contributed by atoms with Gasteiger partial charge in [-0.05, 0) is 47.5 Å². The van der Waals surface area contributed by atoms with Gasteiger partial charge in [-0.2, -0.15) is 27.1 Å². The van der Waals surface area contributed by atoms with Gasteiger partial charge in [0.25, 0.3) is 25.9 Å². The van der Waals surface area contributed by atoms with Gasteiger partial charge in [-0.15, -0.1) is 10.2 Å². The Balaban J connectivity index is 1.38. The summed E-state index contributed by atoms with van der Waals surface area (Å²) < 4.78 is 74.0. The van der Waals surface area contributed by atoms with Crippen LogP contribution < -0.4 is 10.5 Å². The largest absolute Gasteiger partial charge is 0.494 e. The van der Waals surface area contributed by atoms with Gasteiger partial charge in [0.15, 0.2) is 10.1 Å². The molecule has 0 unspecified atom stereocenters. The maximum absolute atomic E-state index is 12.3. The first-order valence-electron chi connectivity index (χ1n) is 14.1. The molecule has 16 nitrogen and oxygen atoms in total. The zero-order valence-electron chi connectivity index (χ0n) is 25.7. The molecule has 0 fully saturated rings. The van der Waals surface area contributed by atoms with E-state index in [2.05, 4.69) is 25.4 Å². The van der Waals surface area contributed by atoms with Crippen molar-refractivity contribution in [2.24, 2.45) is 20.5 Å². The van der Waals surface area contributed by atoms with E-state index in [-0.39, 0.29) is 17.1 Å². The van der Waals surface area contributed by atoms with Crippen LogP contribution in [-0.4, -0.2) is 43.0 Å². The fourth-order valence-electron chi connectivity index (χ4n) is 5.10. The number of hydrogen-bond acceptors (Lipinski definition) is 14. The summed E-state index contributed by atoms with van der Waals surface area (Å²) in [6.07, 6.45) is 0. The maximum Gasteiger partial charge on any atom is 0.295 e. The Morgan fingerprint density at radius 3 is 2.16 bits per heavy atom. The first-order chi connectivity index (χ1) is 23.6. The van der Waals surface area contributed by atoms with Crippen LogP contribution in [0.1, 0.15) is 5.56 Å². The highest BCUT2D eigenvalue weighted by Crippen LogP contribution is 2.42. The van der Waals surface area contributed by atoms with Gasteiger partial charge in [0.1, 0.15) is 26.9 Å². The summed E-state index contributed by atoms with van der Waals surface area (Å²) in [6, 6.07) is 20.0. The number of aromatic nitrogens is 1. The van der Waals surface area contributed by atoms with Crippen LogP contribution in [0.15, 0.2) is 109 Å². The van der Waals surface area contributed by atoms with Crippen molar-refractivity contribution in [2.75, 3.05) is 12.8 Å². The second kappa shape index (κ2) is 12.9. The predicted octanol–water partition coefficient (Wildman–Crippen LogP) is 8.25. The van der Waals surface area contributed by atoms with Gasteiger partial charge >= 0.3 is 0 Å². The molecule has 4 N–H and O–H groups in total. The van der Waals surface area contributed by atoms with E-state index in [1.165, 1.54) is 13.2 Å². The SMILES string of the molecule is COc1cc(/N=N/c2cc(S(=O)(=O)O)c3cc([N+](=O)[O-])cc(S(=O)(=O)O)c3c2)c(C)cc1/N=N/c1sc(N)nc1-c1ccc2ccccc2c1. The molecule has 0 atom stereocenters. The van der Waals surface area contributed by atoms with Crippen molar-refractivity contribution in [2.45, 2.75) is 16.7 Å². The number of benzene rings is 5. The number of aryl methyl sites for hydroxylation is 1. The number of anilines is 1. The van der Waals surface area contributed by atoms with Gasteiger partial charge in [-0.3, -0.25) is 19.2 Å². The Morgan fingerprint density at radius 2 is 1.48 bits per heavy atom. The summed E-state index contributed by atoms with van der Waals surface area (Å²) in [4.78, 5) is 13.0. The quantitative estimate of drug-likeness (QED) is 0.0552. The van der Waals surface area contributed by atoms with Gasteiger partial charge in [-0.25, -0.2) is 4.98 Å². The van der Waals surface area contributed by atoms with Crippen LogP contribution >= 0.6 is 11.3 Å². The molecule has 0 aliphatic heterocycles. The fourth-order valence-corrected chi connectivity index (χ4v) is 7.21. The number of nitrogens with zero attached hydrogens (tertiary/aromatic N) is 6. The Bertz CT molecular complexity index is 2660. The number of hydrogen-bond donors (Lipinski definition) is 3. The zero-order chi connectivity index (χ0) is 36.0. The molecule has 0 saturated heterocycles. The third-order valence-corrected chi connectivity index (χ3v) is 9.95. The molecule has 0 radical (unpaired) electrons. The highest BCUT2D eigenvalue weighted by Gasteiger charge is 2.25. The average Bonchev–Trinajstić information content (AvgIpc) is 3.44. The van der Waals surface area contributed by atoms with Crippen LogP contribution in [0.2, 0.25) is 0 Å². The van der Waals surface area contributed by atoms with Crippen LogP contribution in [-0.2, 0) is 20.2 Å². The van der Waals surface area contributed by atoms with Crippen molar-refractivity contribution in [1.82, 2.24) is 4.98 Å². The first kappa shape index (κ1) is 34.1. The number of non-ortho nitro benzene ring substituents is 1. The molecule has 5 aromatic carbocycles. The molecule has 0 spiro atoms. The molecule has 6 rings (SSSR count). The second-order valence-electron chi connectivity index (χ2n) is 10.7. The molecule has 19 heteroatoms. The number of methoxy groups -OCH3 is 1. The number of fused-ring (bicyclic) bond motifs is 2. The van der Waals surface area contributed by atoms with Crippen LogP contribution in [0.4, 0.5) is 32.9 Å². The minimum atomic E-state index is -5.10. The Kier molecular flexibility index (Phi) is 8.84. The van der Waals surface area contributed by atoms with Gasteiger partial charge in [-0.1, -0.05) is 47.7 Å². The molecular formula is C31H23N7O9S3. The summed E-state index contributed by atoms with van der Waals surface area (Å²) in [5.41, 5.74) is 7.35. The maximum atomic E-state index is 12.3. The minimum Gasteiger partial charge on any atom is -0.494 e. The first-order valence-corrected chi connectivity index (χ1v) is 17.8. The van der Waals surface area contributed by atoms with E-state index in [9.17, 15) is 36.1 Å². The molecule has 0 saturated carbocycles. The lowest BCUT2D eigenvalue weighted by molar-refractivity contribution is -0.384. The Hall–Kier alpha value is -5.73. The second-order valence-corrected chi connectivity index (χ2v) is 14.5. The lowest BCUT2D eigenvalue weighted by Crippen LogP contribution is -2.04. The summed E-state index contributed by atoms with van der Waals surface area (Å²) in [5, 5.41) is 30.2. The van der Waals surface area contributed by atoms with Crippen molar-refractivity contribution >= 4 is 86.0 Å². The van der Waals surface area contributed by atoms with Gasteiger partial charge in [0.05, 0.1) is 23.4 Å². The molecule has 0 amide bonds. The standard InChI is InChI=1S/C31H23N7O9S3/c1-16-9-25(36-37-30-29(33-31(32)48-30)19-8-7-17-5-3-4-6-18(17)10-19)26(47-2)15-24(16)35-34-20-11-22-23(27(12-20)49(41,42)43)13-21(38(39)40)14-28(22)50(44,45)46/h3-15H,1-2H3,(H2,32,33)(H,41,42,43)(H,44,45,46)/b35-34+,37-36+. The Labute approximate surface area is 287 Å². The van der Waals surface area contributed by atoms with Gasteiger partial charge in [0.2, 0.25) is 0 Å². The lowest BCUT2D eigenvalue weighted by Gasteiger charge is -2.10. The van der Waals surface area contributed by atoms with E-state index < -0.39 is 51.4 Å². The number of nitro groups is 1. The number of nitrogens with two attached hydrogens (primary N) is 1. The Morgan fingerprint density at radius 1 is 0.820 bits per heavy atom. The average molecular weight is 734 g/mol. The molecule has 0 bridgehead atoms. The number of ether oxygens (including phenoxy) is 1. The number of nitrogen functional groups attached to an aromatic ring is 1. The van der Waals surface area contributed by atoms with Crippen LogP contribution in [0.5, 0.6) is 5.75 Å². The van der Waals surface area contributed by atoms with Gasteiger partial charge in [0, 0.05) is 34.5 Å². The van der Waals surface area contributed by atoms with E-state index >= 15 is 0 Å². The molecule has 1 heterocycles. The number of nitro benzene ring substituents is 1. The van der Waals surface area contributed by atoms with Crippen molar-refractivity contribution in [3.8, 4) is 17.0 Å². The highest BCUT2D eigenvalue weighted by molar-refractivity contribution is 7.86. The molecule has 0 aliphatic rings.